The molecule has 3 aromatic heterocycles. The van der Waals surface area contributed by atoms with Gasteiger partial charge in [0.05, 0.1) is 23.9 Å². The van der Waals surface area contributed by atoms with E-state index in [1.54, 1.807) is 11.8 Å². The van der Waals surface area contributed by atoms with Crippen LogP contribution >= 0.6 is 0 Å². The molecule has 0 aliphatic carbocycles. The highest BCUT2D eigenvalue weighted by Gasteiger charge is 2.23. The Kier molecular flexibility index (Phi) is 8.19. The zero-order chi connectivity index (χ0) is 30.7. The van der Waals surface area contributed by atoms with Crippen LogP contribution in [-0.2, 0) is 11.5 Å². The third-order valence-corrected chi connectivity index (χ3v) is 9.10. The first-order valence-electron chi connectivity index (χ1n) is 14.6. The second-order valence-corrected chi connectivity index (χ2v) is 17.5. The Balaban J connectivity index is 1.47. The Morgan fingerprint density at radius 1 is 0.841 bits per heavy atom. The lowest BCUT2D eigenvalue weighted by Crippen LogP contribution is -2.22. The number of nitrogens with zero attached hydrogens (tertiary/aromatic N) is 4. The number of rotatable bonds is 11. The van der Waals surface area contributed by atoms with E-state index in [2.05, 4.69) is 35.2 Å². The molecule has 0 fully saturated rings. The first-order chi connectivity index (χ1) is 21.3. The molecule has 3 aromatic carbocycles. The quantitative estimate of drug-likeness (QED) is 0.119. The van der Waals surface area contributed by atoms with Gasteiger partial charge in [-0.25, -0.2) is 9.67 Å². The molecule has 0 spiro atoms. The monoisotopic (exact) mass is 604 g/mol. The van der Waals surface area contributed by atoms with Gasteiger partial charge in [-0.15, -0.1) is 0 Å². The Labute approximate surface area is 257 Å². The third kappa shape index (κ3) is 6.22. The molecule has 2 N–H and O–H groups in total. The molecule has 6 rings (SSSR count). The summed E-state index contributed by atoms with van der Waals surface area (Å²) in [6.07, 6.45) is 1.86. The Hall–Kier alpha value is -4.93. The van der Waals surface area contributed by atoms with E-state index < -0.39 is 8.07 Å². The Morgan fingerprint density at radius 3 is 2.16 bits per heavy atom. The van der Waals surface area contributed by atoms with Gasteiger partial charge in [0.15, 0.2) is 11.5 Å². The number of ether oxygens (including phenoxy) is 2. The molecular formula is C34H36N6O3Si. The molecule has 0 aliphatic heterocycles. The van der Waals surface area contributed by atoms with E-state index in [0.29, 0.717) is 47.5 Å². The molecule has 3 heterocycles. The van der Waals surface area contributed by atoms with Crippen LogP contribution in [0.1, 0.15) is 0 Å². The maximum atomic E-state index is 14.4. The second kappa shape index (κ2) is 12.4. The number of hydrogen-bond donors (Lipinski definition) is 2. The van der Waals surface area contributed by atoms with Crippen molar-refractivity contribution in [3.05, 3.63) is 108 Å². The average molecular weight is 605 g/mol. The lowest BCUT2D eigenvalue weighted by Gasteiger charge is -2.15. The summed E-state index contributed by atoms with van der Waals surface area (Å²) >= 11 is 0. The fraction of sp³-hybridized carbons (Fsp3) is 0.206. The number of nitrogens with one attached hydrogen (secondary N) is 2. The third-order valence-electron chi connectivity index (χ3n) is 7.39. The molecule has 9 nitrogen and oxygen atoms in total. The standard InChI is InChI=1S/C34H36N6O3Si/c1-42-27-17-15-25(16-18-27)30-32(35-28-19-20-39(37-28)23-43-21-22-44(2,3)4)36-33-29(24-11-7-5-8-12-24)31(38-40(33)34(30)41)26-13-9-6-10-14-26/h5-20,38H,21-23H2,1-4H3,(H,35,37). The van der Waals surface area contributed by atoms with Gasteiger partial charge in [0.1, 0.15) is 18.3 Å². The normalized spacial score (nSPS) is 11.6. The summed E-state index contributed by atoms with van der Waals surface area (Å²) in [6, 6.07) is 30.3. The molecule has 0 saturated carbocycles. The maximum Gasteiger partial charge on any atom is 0.282 e. The number of aromatic amines is 1. The molecule has 224 valence electrons. The predicted molar refractivity (Wildman–Crippen MR) is 178 cm³/mol. The summed E-state index contributed by atoms with van der Waals surface area (Å²) in [5.41, 5.74) is 4.91. The minimum absolute atomic E-state index is 0.240. The zero-order valence-corrected chi connectivity index (χ0v) is 26.4. The van der Waals surface area contributed by atoms with Crippen LogP contribution in [-0.4, -0.2) is 46.2 Å². The smallest absolute Gasteiger partial charge is 0.282 e. The number of anilines is 2. The molecule has 0 aliphatic rings. The van der Waals surface area contributed by atoms with Crippen molar-refractivity contribution < 1.29 is 9.47 Å². The van der Waals surface area contributed by atoms with E-state index in [9.17, 15) is 4.79 Å². The lowest BCUT2D eigenvalue weighted by molar-refractivity contribution is 0.0788. The van der Waals surface area contributed by atoms with E-state index in [1.165, 1.54) is 4.52 Å². The molecule has 0 bridgehead atoms. The van der Waals surface area contributed by atoms with Crippen molar-refractivity contribution >= 4 is 25.4 Å². The molecule has 0 radical (unpaired) electrons. The average Bonchev–Trinajstić information content (AvgIpc) is 3.65. The summed E-state index contributed by atoms with van der Waals surface area (Å²) in [7, 11) is 0.435. The molecule has 0 unspecified atom stereocenters. The lowest BCUT2D eigenvalue weighted by atomic mass is 10.0. The van der Waals surface area contributed by atoms with Crippen LogP contribution in [0.5, 0.6) is 5.75 Å². The maximum absolute atomic E-state index is 14.4. The van der Waals surface area contributed by atoms with Crippen LogP contribution in [0.15, 0.2) is 102 Å². The number of hydrogen-bond acceptors (Lipinski definition) is 6. The van der Waals surface area contributed by atoms with Crippen LogP contribution < -0.4 is 15.6 Å². The fourth-order valence-corrected chi connectivity index (χ4v) is 5.79. The molecule has 10 heteroatoms. The van der Waals surface area contributed by atoms with Crippen LogP contribution in [0.4, 0.5) is 11.6 Å². The van der Waals surface area contributed by atoms with Crippen molar-refractivity contribution in [1.29, 1.82) is 0 Å². The van der Waals surface area contributed by atoms with Gasteiger partial charge in [0.2, 0.25) is 0 Å². The van der Waals surface area contributed by atoms with Crippen LogP contribution in [0.2, 0.25) is 25.7 Å². The number of H-pyrrole nitrogens is 1. The van der Waals surface area contributed by atoms with Crippen LogP contribution in [0, 0.1) is 0 Å². The van der Waals surface area contributed by atoms with Crippen molar-refractivity contribution in [3.8, 4) is 39.3 Å². The number of benzene rings is 3. The summed E-state index contributed by atoms with van der Waals surface area (Å²) in [5.74, 6) is 1.66. The largest absolute Gasteiger partial charge is 0.497 e. The number of aromatic nitrogens is 5. The highest BCUT2D eigenvalue weighted by atomic mass is 28.3. The predicted octanol–water partition coefficient (Wildman–Crippen LogP) is 7.28. The Morgan fingerprint density at radius 2 is 1.50 bits per heavy atom. The van der Waals surface area contributed by atoms with Gasteiger partial charge < -0.3 is 14.8 Å². The second-order valence-electron chi connectivity index (χ2n) is 11.8. The minimum Gasteiger partial charge on any atom is -0.497 e. The highest BCUT2D eigenvalue weighted by Crippen LogP contribution is 2.36. The van der Waals surface area contributed by atoms with Crippen molar-refractivity contribution in [3.63, 3.8) is 0 Å². The van der Waals surface area contributed by atoms with Crippen molar-refractivity contribution in [2.75, 3.05) is 19.0 Å². The van der Waals surface area contributed by atoms with E-state index in [-0.39, 0.29) is 5.56 Å². The van der Waals surface area contributed by atoms with Gasteiger partial charge in [0, 0.05) is 32.5 Å². The van der Waals surface area contributed by atoms with Crippen molar-refractivity contribution in [2.24, 2.45) is 0 Å². The van der Waals surface area contributed by atoms with Gasteiger partial charge in [-0.3, -0.25) is 9.89 Å². The van der Waals surface area contributed by atoms with Crippen molar-refractivity contribution in [1.82, 2.24) is 24.4 Å². The van der Waals surface area contributed by atoms with E-state index in [4.69, 9.17) is 14.5 Å². The van der Waals surface area contributed by atoms with Gasteiger partial charge in [-0.1, -0.05) is 92.4 Å². The van der Waals surface area contributed by atoms with Crippen LogP contribution in [0.3, 0.4) is 0 Å². The van der Waals surface area contributed by atoms with E-state index >= 15 is 0 Å². The van der Waals surface area contributed by atoms with Gasteiger partial charge >= 0.3 is 0 Å². The first kappa shape index (κ1) is 29.2. The van der Waals surface area contributed by atoms with Gasteiger partial charge in [-0.2, -0.15) is 9.61 Å². The number of fused-ring (bicyclic) bond motifs is 1. The van der Waals surface area contributed by atoms with Gasteiger partial charge in [0.25, 0.3) is 5.56 Å². The van der Waals surface area contributed by atoms with Crippen molar-refractivity contribution in [2.45, 2.75) is 32.4 Å². The molecule has 44 heavy (non-hydrogen) atoms. The molecule has 0 saturated heterocycles. The fourth-order valence-electron chi connectivity index (χ4n) is 5.03. The summed E-state index contributed by atoms with van der Waals surface area (Å²) in [5, 5.41) is 11.4. The van der Waals surface area contributed by atoms with E-state index in [0.717, 1.165) is 28.4 Å². The molecular weight excluding hydrogens is 568 g/mol. The summed E-state index contributed by atoms with van der Waals surface area (Å²) < 4.78 is 14.5. The number of methoxy groups -OCH3 is 1. The molecule has 0 atom stereocenters. The van der Waals surface area contributed by atoms with Gasteiger partial charge in [-0.05, 0) is 29.3 Å². The Bertz CT molecular complexity index is 1920. The summed E-state index contributed by atoms with van der Waals surface area (Å²) in [4.78, 5) is 19.5. The first-order valence-corrected chi connectivity index (χ1v) is 18.3. The topological polar surface area (TPSA) is 98.5 Å². The van der Waals surface area contributed by atoms with E-state index in [1.807, 2.05) is 97.2 Å². The highest BCUT2D eigenvalue weighted by molar-refractivity contribution is 6.76. The minimum atomic E-state index is -1.18. The summed E-state index contributed by atoms with van der Waals surface area (Å²) in [6.45, 7) is 8.04. The SMILES string of the molecule is COc1ccc(-c2c(Nc3ccn(COCC[Si](C)(C)C)n3)nc3c(-c4ccccc4)c(-c4ccccc4)[nH]n3c2=O)cc1. The van der Waals surface area contributed by atoms with Crippen LogP contribution in [0.25, 0.3) is 39.2 Å². The molecule has 0 amide bonds. The molecule has 6 aromatic rings. The zero-order valence-electron chi connectivity index (χ0n) is 25.4.